The van der Waals surface area contributed by atoms with Crippen LogP contribution in [-0.2, 0) is 6.54 Å². The van der Waals surface area contributed by atoms with Crippen LogP contribution in [0.1, 0.15) is 45.1 Å². The molecule has 2 N–H and O–H groups in total. The maximum atomic E-state index is 5.69. The Morgan fingerprint density at radius 2 is 2.00 bits per heavy atom. The molecule has 2 fully saturated rings. The van der Waals surface area contributed by atoms with E-state index in [4.69, 9.17) is 4.74 Å². The van der Waals surface area contributed by atoms with Crippen molar-refractivity contribution in [2.75, 3.05) is 26.7 Å². The fourth-order valence-electron chi connectivity index (χ4n) is 3.22. The van der Waals surface area contributed by atoms with Gasteiger partial charge in [0, 0.05) is 51.0 Å². The SMILES string of the molecule is CN=C(NCc1ccc(OCC2CC2)nc1)NC1CCN(C(C)C)CC1.I. The van der Waals surface area contributed by atoms with Crippen molar-refractivity contribution in [1.82, 2.24) is 20.5 Å². The zero-order valence-corrected chi connectivity index (χ0v) is 19.1. The van der Waals surface area contributed by atoms with Gasteiger partial charge in [0.1, 0.15) is 0 Å². The van der Waals surface area contributed by atoms with Gasteiger partial charge in [-0.15, -0.1) is 24.0 Å². The summed E-state index contributed by atoms with van der Waals surface area (Å²) < 4.78 is 5.69. The van der Waals surface area contributed by atoms with Crippen molar-refractivity contribution in [1.29, 1.82) is 0 Å². The molecule has 1 aliphatic carbocycles. The number of likely N-dealkylation sites (tertiary alicyclic amines) is 1. The number of ether oxygens (including phenoxy) is 1. The maximum Gasteiger partial charge on any atom is 0.213 e. The lowest BCUT2D eigenvalue weighted by molar-refractivity contribution is 0.167. The second-order valence-corrected chi connectivity index (χ2v) is 7.73. The van der Waals surface area contributed by atoms with Crippen LogP contribution in [-0.4, -0.2) is 54.7 Å². The average molecular weight is 487 g/mol. The molecule has 7 heteroatoms. The van der Waals surface area contributed by atoms with Gasteiger partial charge in [-0.3, -0.25) is 4.99 Å². The third-order valence-corrected chi connectivity index (χ3v) is 5.25. The number of guanidine groups is 1. The van der Waals surface area contributed by atoms with E-state index in [-0.39, 0.29) is 24.0 Å². The third-order valence-electron chi connectivity index (χ3n) is 5.25. The lowest BCUT2D eigenvalue weighted by Gasteiger charge is -2.35. The minimum Gasteiger partial charge on any atom is -0.477 e. The highest BCUT2D eigenvalue weighted by Gasteiger charge is 2.22. The van der Waals surface area contributed by atoms with Crippen molar-refractivity contribution in [3.05, 3.63) is 23.9 Å². The summed E-state index contributed by atoms with van der Waals surface area (Å²) >= 11 is 0. The van der Waals surface area contributed by atoms with Crippen LogP contribution in [0.5, 0.6) is 5.88 Å². The van der Waals surface area contributed by atoms with Crippen molar-refractivity contribution in [2.45, 2.75) is 58.2 Å². The Morgan fingerprint density at radius 1 is 1.26 bits per heavy atom. The molecule has 1 aliphatic heterocycles. The molecule has 152 valence electrons. The summed E-state index contributed by atoms with van der Waals surface area (Å²) in [5, 5.41) is 6.94. The minimum atomic E-state index is 0. The van der Waals surface area contributed by atoms with Crippen LogP contribution in [0.15, 0.2) is 23.3 Å². The van der Waals surface area contributed by atoms with Crippen LogP contribution in [0.3, 0.4) is 0 Å². The largest absolute Gasteiger partial charge is 0.477 e. The first-order valence-corrected chi connectivity index (χ1v) is 9.93. The van der Waals surface area contributed by atoms with Crippen molar-refractivity contribution < 1.29 is 4.74 Å². The Bertz CT molecular complexity index is 581. The maximum absolute atomic E-state index is 5.69. The van der Waals surface area contributed by atoms with E-state index in [0.29, 0.717) is 18.6 Å². The molecule has 1 aromatic heterocycles. The first-order chi connectivity index (χ1) is 12.6. The second kappa shape index (κ2) is 11.0. The van der Waals surface area contributed by atoms with Crippen LogP contribution in [0.2, 0.25) is 0 Å². The average Bonchev–Trinajstić information content (AvgIpc) is 3.49. The quantitative estimate of drug-likeness (QED) is 0.352. The van der Waals surface area contributed by atoms with E-state index in [0.717, 1.165) is 55.9 Å². The Morgan fingerprint density at radius 3 is 2.56 bits per heavy atom. The molecule has 0 spiro atoms. The zero-order valence-electron chi connectivity index (χ0n) is 16.8. The number of pyridine rings is 1. The highest BCUT2D eigenvalue weighted by atomic mass is 127. The summed E-state index contributed by atoms with van der Waals surface area (Å²) in [4.78, 5) is 11.3. The van der Waals surface area contributed by atoms with Crippen LogP contribution >= 0.6 is 24.0 Å². The predicted molar refractivity (Wildman–Crippen MR) is 121 cm³/mol. The highest BCUT2D eigenvalue weighted by molar-refractivity contribution is 14.0. The molecule has 27 heavy (non-hydrogen) atoms. The molecule has 1 aromatic rings. The van der Waals surface area contributed by atoms with Gasteiger partial charge in [0.05, 0.1) is 6.61 Å². The van der Waals surface area contributed by atoms with Gasteiger partial charge in [-0.1, -0.05) is 6.07 Å². The lowest BCUT2D eigenvalue weighted by atomic mass is 10.0. The fraction of sp³-hybridized carbons (Fsp3) is 0.700. The number of hydrogen-bond acceptors (Lipinski definition) is 4. The van der Waals surface area contributed by atoms with Gasteiger partial charge in [0.2, 0.25) is 5.88 Å². The summed E-state index contributed by atoms with van der Waals surface area (Å²) in [5.41, 5.74) is 1.13. The minimum absolute atomic E-state index is 0. The summed E-state index contributed by atoms with van der Waals surface area (Å²) in [6.07, 6.45) is 6.79. The molecule has 1 saturated carbocycles. The number of aromatic nitrogens is 1. The van der Waals surface area contributed by atoms with Crippen molar-refractivity contribution in [2.24, 2.45) is 10.9 Å². The molecule has 2 heterocycles. The van der Waals surface area contributed by atoms with Crippen LogP contribution < -0.4 is 15.4 Å². The van der Waals surface area contributed by atoms with Gasteiger partial charge < -0.3 is 20.3 Å². The Labute approximate surface area is 180 Å². The number of nitrogens with one attached hydrogen (secondary N) is 2. The Hall–Kier alpha value is -1.09. The third kappa shape index (κ3) is 7.44. The van der Waals surface area contributed by atoms with E-state index >= 15 is 0 Å². The molecule has 6 nitrogen and oxygen atoms in total. The van der Waals surface area contributed by atoms with Gasteiger partial charge in [-0.25, -0.2) is 4.98 Å². The van der Waals surface area contributed by atoms with Crippen molar-refractivity contribution in [3.63, 3.8) is 0 Å². The zero-order chi connectivity index (χ0) is 18.4. The van der Waals surface area contributed by atoms with Crippen molar-refractivity contribution in [3.8, 4) is 5.88 Å². The van der Waals surface area contributed by atoms with E-state index in [1.807, 2.05) is 19.3 Å². The Kier molecular flexibility index (Phi) is 9.08. The first kappa shape index (κ1) is 22.2. The van der Waals surface area contributed by atoms with Gasteiger partial charge in [-0.05, 0) is 51.0 Å². The smallest absolute Gasteiger partial charge is 0.213 e. The number of hydrogen-bond donors (Lipinski definition) is 2. The number of nitrogens with zero attached hydrogens (tertiary/aromatic N) is 3. The molecule has 0 atom stereocenters. The normalized spacial score (nSPS) is 18.9. The number of aliphatic imine (C=N–C) groups is 1. The molecular formula is C20H34IN5O. The van der Waals surface area contributed by atoms with E-state index in [1.54, 1.807) is 0 Å². The molecule has 0 aromatic carbocycles. The Balaban J connectivity index is 0.00000261. The summed E-state index contributed by atoms with van der Waals surface area (Å²) in [6.45, 7) is 8.35. The molecule has 0 radical (unpaired) electrons. The fourth-order valence-corrected chi connectivity index (χ4v) is 3.22. The monoisotopic (exact) mass is 487 g/mol. The highest BCUT2D eigenvalue weighted by Crippen LogP contribution is 2.29. The molecular weight excluding hydrogens is 453 g/mol. The topological polar surface area (TPSA) is 61.8 Å². The summed E-state index contributed by atoms with van der Waals surface area (Å²) in [5.74, 6) is 2.34. The molecule has 3 rings (SSSR count). The molecule has 0 unspecified atom stereocenters. The molecule has 0 bridgehead atoms. The van der Waals surface area contributed by atoms with E-state index < -0.39 is 0 Å². The van der Waals surface area contributed by atoms with E-state index in [2.05, 4.69) is 45.4 Å². The molecule has 0 amide bonds. The molecule has 2 aliphatic rings. The predicted octanol–water partition coefficient (Wildman–Crippen LogP) is 3.03. The van der Waals surface area contributed by atoms with Crippen LogP contribution in [0.4, 0.5) is 0 Å². The standard InChI is InChI=1S/C20H33N5O.HI/c1-15(2)25-10-8-18(9-11-25)24-20(21-3)23-13-17-6-7-19(22-12-17)26-14-16-4-5-16;/h6-7,12,15-16,18H,4-5,8-11,13-14H2,1-3H3,(H2,21,23,24);1H. The van der Waals surface area contributed by atoms with Crippen LogP contribution in [0.25, 0.3) is 0 Å². The van der Waals surface area contributed by atoms with Gasteiger partial charge >= 0.3 is 0 Å². The van der Waals surface area contributed by atoms with Gasteiger partial charge in [-0.2, -0.15) is 0 Å². The second-order valence-electron chi connectivity index (χ2n) is 7.73. The van der Waals surface area contributed by atoms with E-state index in [1.165, 1.54) is 12.8 Å². The van der Waals surface area contributed by atoms with Crippen molar-refractivity contribution >= 4 is 29.9 Å². The number of halogens is 1. The van der Waals surface area contributed by atoms with Gasteiger partial charge in [0.25, 0.3) is 0 Å². The summed E-state index contributed by atoms with van der Waals surface area (Å²) in [7, 11) is 1.83. The number of rotatable bonds is 7. The molecule has 1 saturated heterocycles. The number of piperidine rings is 1. The van der Waals surface area contributed by atoms with Crippen LogP contribution in [0, 0.1) is 5.92 Å². The summed E-state index contributed by atoms with van der Waals surface area (Å²) in [6, 6.07) is 5.15. The first-order valence-electron chi connectivity index (χ1n) is 9.93. The van der Waals surface area contributed by atoms with E-state index in [9.17, 15) is 0 Å². The lowest BCUT2D eigenvalue weighted by Crippen LogP contribution is -2.49. The van der Waals surface area contributed by atoms with Gasteiger partial charge in [0.15, 0.2) is 5.96 Å².